The molecule has 2 N–H and O–H groups in total. The van der Waals surface area contributed by atoms with Crippen molar-refractivity contribution >= 4 is 18.3 Å². The van der Waals surface area contributed by atoms with Crippen LogP contribution in [0.1, 0.15) is 40.0 Å². The minimum atomic E-state index is -0.718. The molecule has 1 aliphatic heterocycles. The lowest BCUT2D eigenvalue weighted by Crippen LogP contribution is -2.57. The summed E-state index contributed by atoms with van der Waals surface area (Å²) in [6, 6.07) is 0. The van der Waals surface area contributed by atoms with E-state index in [4.69, 9.17) is 10.5 Å². The first-order chi connectivity index (χ1) is 7.51. The Kier molecular flexibility index (Phi) is 7.05. The highest BCUT2D eigenvalue weighted by molar-refractivity contribution is 5.86. The van der Waals surface area contributed by atoms with Crippen molar-refractivity contribution in [2.45, 2.75) is 51.7 Å². The molecule has 0 aromatic carbocycles. The second-order valence-corrected chi connectivity index (χ2v) is 4.82. The summed E-state index contributed by atoms with van der Waals surface area (Å²) in [5, 5.41) is 0. The summed E-state index contributed by atoms with van der Waals surface area (Å²) < 4.78 is 5.55. The van der Waals surface area contributed by atoms with E-state index in [2.05, 4.69) is 6.92 Å². The fraction of sp³-hybridized carbons (Fsp3) is 0.917. The standard InChI is InChI=1S/C12H24N2O2.ClH/c1-4-6-12(3,13)11(15)14-7-8-16-10(5-2)9-14;/h10H,4-9,13H2,1-3H3;1H. The van der Waals surface area contributed by atoms with E-state index in [0.717, 1.165) is 19.3 Å². The third-order valence-corrected chi connectivity index (χ3v) is 3.14. The number of nitrogens with two attached hydrogens (primary N) is 1. The molecule has 1 aliphatic rings. The molecule has 0 aliphatic carbocycles. The van der Waals surface area contributed by atoms with E-state index in [1.165, 1.54) is 0 Å². The highest BCUT2D eigenvalue weighted by atomic mass is 35.5. The molecule has 17 heavy (non-hydrogen) atoms. The van der Waals surface area contributed by atoms with Gasteiger partial charge in [0.1, 0.15) is 0 Å². The summed E-state index contributed by atoms with van der Waals surface area (Å²) in [6.45, 7) is 7.94. The van der Waals surface area contributed by atoms with E-state index in [9.17, 15) is 4.79 Å². The van der Waals surface area contributed by atoms with Gasteiger partial charge in [0.15, 0.2) is 0 Å². The maximum Gasteiger partial charge on any atom is 0.242 e. The minimum Gasteiger partial charge on any atom is -0.375 e. The first kappa shape index (κ1) is 16.7. The van der Waals surface area contributed by atoms with Crippen molar-refractivity contribution in [3.63, 3.8) is 0 Å². The maximum atomic E-state index is 12.2. The van der Waals surface area contributed by atoms with Gasteiger partial charge in [-0.25, -0.2) is 0 Å². The second kappa shape index (κ2) is 7.19. The zero-order valence-electron chi connectivity index (χ0n) is 11.1. The Balaban J connectivity index is 0.00000256. The van der Waals surface area contributed by atoms with Gasteiger partial charge in [0.25, 0.3) is 0 Å². The third kappa shape index (κ3) is 4.45. The van der Waals surface area contributed by atoms with Gasteiger partial charge in [-0.3, -0.25) is 4.79 Å². The molecule has 0 aromatic rings. The van der Waals surface area contributed by atoms with Crippen molar-refractivity contribution in [3.8, 4) is 0 Å². The van der Waals surface area contributed by atoms with Crippen LogP contribution < -0.4 is 5.73 Å². The number of carbonyl (C=O) groups is 1. The molecule has 0 aromatic heterocycles. The summed E-state index contributed by atoms with van der Waals surface area (Å²) in [5.74, 6) is 0.0658. The Morgan fingerprint density at radius 3 is 2.71 bits per heavy atom. The van der Waals surface area contributed by atoms with Crippen molar-refractivity contribution in [1.82, 2.24) is 4.90 Å². The van der Waals surface area contributed by atoms with Crippen LogP contribution >= 0.6 is 12.4 Å². The molecule has 0 spiro atoms. The van der Waals surface area contributed by atoms with E-state index in [1.807, 2.05) is 18.7 Å². The van der Waals surface area contributed by atoms with Crippen molar-refractivity contribution < 1.29 is 9.53 Å². The zero-order valence-corrected chi connectivity index (χ0v) is 11.9. The molecule has 0 radical (unpaired) electrons. The van der Waals surface area contributed by atoms with Gasteiger partial charge >= 0.3 is 0 Å². The van der Waals surface area contributed by atoms with Crippen LogP contribution in [0.2, 0.25) is 0 Å². The molecular weight excluding hydrogens is 240 g/mol. The summed E-state index contributed by atoms with van der Waals surface area (Å²) in [5.41, 5.74) is 5.34. The van der Waals surface area contributed by atoms with Gasteiger partial charge < -0.3 is 15.4 Å². The van der Waals surface area contributed by atoms with E-state index in [1.54, 1.807) is 0 Å². The molecule has 5 heteroatoms. The highest BCUT2D eigenvalue weighted by Crippen LogP contribution is 2.16. The van der Waals surface area contributed by atoms with Gasteiger partial charge in [0.05, 0.1) is 18.2 Å². The number of ether oxygens (including phenoxy) is 1. The van der Waals surface area contributed by atoms with E-state index >= 15 is 0 Å². The molecule has 1 rings (SSSR count). The van der Waals surface area contributed by atoms with E-state index in [-0.39, 0.29) is 24.4 Å². The Labute approximate surface area is 110 Å². The number of carbonyl (C=O) groups excluding carboxylic acids is 1. The van der Waals surface area contributed by atoms with Crippen LogP contribution in [0.4, 0.5) is 0 Å². The third-order valence-electron chi connectivity index (χ3n) is 3.14. The van der Waals surface area contributed by atoms with Crippen molar-refractivity contribution in [3.05, 3.63) is 0 Å². The monoisotopic (exact) mass is 264 g/mol. The molecule has 1 amide bonds. The van der Waals surface area contributed by atoms with Crippen LogP contribution in [0, 0.1) is 0 Å². The average Bonchev–Trinajstić information content (AvgIpc) is 2.28. The predicted octanol–water partition coefficient (Wildman–Crippen LogP) is 1.56. The largest absolute Gasteiger partial charge is 0.375 e. The van der Waals surface area contributed by atoms with Crippen LogP contribution in [-0.2, 0) is 9.53 Å². The molecule has 0 saturated carbocycles. The molecule has 0 bridgehead atoms. The number of hydrogen-bond donors (Lipinski definition) is 1. The summed E-state index contributed by atoms with van der Waals surface area (Å²) in [4.78, 5) is 14.1. The fourth-order valence-electron chi connectivity index (χ4n) is 2.14. The highest BCUT2D eigenvalue weighted by Gasteiger charge is 2.34. The summed E-state index contributed by atoms with van der Waals surface area (Å²) >= 11 is 0. The first-order valence-corrected chi connectivity index (χ1v) is 6.21. The molecule has 2 atom stereocenters. The molecule has 1 heterocycles. The number of hydrogen-bond acceptors (Lipinski definition) is 3. The van der Waals surface area contributed by atoms with Gasteiger partial charge in [-0.05, 0) is 19.8 Å². The quantitative estimate of drug-likeness (QED) is 0.839. The van der Waals surface area contributed by atoms with Crippen molar-refractivity contribution in [2.75, 3.05) is 19.7 Å². The van der Waals surface area contributed by atoms with E-state index in [0.29, 0.717) is 19.7 Å². The van der Waals surface area contributed by atoms with Gasteiger partial charge in [0.2, 0.25) is 5.91 Å². The van der Waals surface area contributed by atoms with Crippen molar-refractivity contribution in [2.24, 2.45) is 5.73 Å². The van der Waals surface area contributed by atoms with Gasteiger partial charge in [-0.1, -0.05) is 20.3 Å². The Hall–Kier alpha value is -0.320. The average molecular weight is 265 g/mol. The van der Waals surface area contributed by atoms with Crippen LogP contribution in [-0.4, -0.2) is 42.1 Å². The number of rotatable bonds is 4. The zero-order chi connectivity index (χ0) is 12.2. The number of nitrogens with zero attached hydrogens (tertiary/aromatic N) is 1. The second-order valence-electron chi connectivity index (χ2n) is 4.82. The van der Waals surface area contributed by atoms with Gasteiger partial charge in [-0.15, -0.1) is 12.4 Å². The Morgan fingerprint density at radius 2 is 2.18 bits per heavy atom. The topological polar surface area (TPSA) is 55.6 Å². The van der Waals surface area contributed by atoms with Gasteiger partial charge in [-0.2, -0.15) is 0 Å². The van der Waals surface area contributed by atoms with Gasteiger partial charge in [0, 0.05) is 13.1 Å². The maximum absolute atomic E-state index is 12.2. The van der Waals surface area contributed by atoms with Crippen molar-refractivity contribution in [1.29, 1.82) is 0 Å². The SMILES string of the molecule is CCCC(C)(N)C(=O)N1CCOC(CC)C1.Cl. The lowest BCUT2D eigenvalue weighted by Gasteiger charge is -2.37. The Morgan fingerprint density at radius 1 is 1.53 bits per heavy atom. The first-order valence-electron chi connectivity index (χ1n) is 6.21. The molecule has 4 nitrogen and oxygen atoms in total. The fourth-order valence-corrected chi connectivity index (χ4v) is 2.14. The smallest absolute Gasteiger partial charge is 0.242 e. The summed E-state index contributed by atoms with van der Waals surface area (Å²) in [6.07, 6.45) is 2.79. The molecule has 2 unspecified atom stereocenters. The number of halogens is 1. The van der Waals surface area contributed by atoms with Crippen LogP contribution in [0.3, 0.4) is 0 Å². The molecule has 1 saturated heterocycles. The number of morpholine rings is 1. The van der Waals surface area contributed by atoms with Crippen LogP contribution in [0.5, 0.6) is 0 Å². The lowest BCUT2D eigenvalue weighted by molar-refractivity contribution is -0.144. The van der Waals surface area contributed by atoms with E-state index < -0.39 is 5.54 Å². The Bertz CT molecular complexity index is 247. The lowest BCUT2D eigenvalue weighted by atomic mass is 9.95. The molecular formula is C12H25ClN2O2. The molecule has 102 valence electrons. The van der Waals surface area contributed by atoms with Crippen LogP contribution in [0.15, 0.2) is 0 Å². The summed E-state index contributed by atoms with van der Waals surface area (Å²) in [7, 11) is 0. The predicted molar refractivity (Wildman–Crippen MR) is 71.4 cm³/mol. The minimum absolute atomic E-state index is 0. The normalized spacial score (nSPS) is 23.8. The molecule has 1 fully saturated rings. The number of amides is 1. The van der Waals surface area contributed by atoms with Crippen LogP contribution in [0.25, 0.3) is 0 Å².